The molecule has 0 spiro atoms. The minimum absolute atomic E-state index is 1.10. The zero-order valence-electron chi connectivity index (χ0n) is 11.5. The van der Waals surface area contributed by atoms with Crippen LogP contribution in [-0.2, 0) is 0 Å². The first-order valence-electron chi connectivity index (χ1n) is 6.32. The normalized spacial score (nSPS) is 13.0. The molecule has 0 bridgehead atoms. The molecule has 17 heavy (non-hydrogen) atoms. The third-order valence-electron chi connectivity index (χ3n) is 4.34. The zero-order valence-corrected chi connectivity index (χ0v) is 13.5. The van der Waals surface area contributed by atoms with Gasteiger partial charge in [-0.2, -0.15) is 0 Å². The van der Waals surface area contributed by atoms with Crippen molar-refractivity contribution in [3.05, 3.63) is 42.5 Å². The van der Waals surface area contributed by atoms with E-state index >= 15 is 0 Å². The molecule has 0 aliphatic carbocycles. The van der Waals surface area contributed by atoms with Gasteiger partial charge in [0.25, 0.3) is 0 Å². The van der Waals surface area contributed by atoms with Crippen LogP contribution in [0.3, 0.4) is 0 Å². The lowest BCUT2D eigenvalue weighted by Gasteiger charge is -2.36. The summed E-state index contributed by atoms with van der Waals surface area (Å²) >= 11 is 0. The van der Waals surface area contributed by atoms with Gasteiger partial charge in [0.15, 0.2) is 0 Å². The van der Waals surface area contributed by atoms with Gasteiger partial charge in [-0.15, -0.1) is 0 Å². The van der Waals surface area contributed by atoms with E-state index in [2.05, 4.69) is 75.2 Å². The van der Waals surface area contributed by atoms with Crippen LogP contribution in [0.1, 0.15) is 0 Å². The summed E-state index contributed by atoms with van der Waals surface area (Å²) in [5, 5.41) is 4.52. The Morgan fingerprint density at radius 2 is 1.29 bits per heavy atom. The second kappa shape index (κ2) is 4.11. The Balaban J connectivity index is 2.72. The van der Waals surface area contributed by atoms with E-state index in [4.69, 9.17) is 0 Å². The molecule has 0 saturated heterocycles. The van der Waals surface area contributed by atoms with Crippen LogP contribution in [0.25, 0.3) is 10.8 Å². The van der Waals surface area contributed by atoms with E-state index in [0.29, 0.717) is 0 Å². The van der Waals surface area contributed by atoms with Crippen molar-refractivity contribution in [3.8, 4) is 0 Å². The van der Waals surface area contributed by atoms with Crippen LogP contribution in [0.5, 0.6) is 0 Å². The first-order valence-corrected chi connectivity index (χ1v) is 13.8. The molecule has 0 unspecified atom stereocenters. The Bertz CT molecular complexity index is 531. The Hall–Kier alpha value is -0.866. The van der Waals surface area contributed by atoms with E-state index in [-0.39, 0.29) is 0 Å². The van der Waals surface area contributed by atoms with Crippen LogP contribution in [0.2, 0.25) is 32.7 Å². The Morgan fingerprint density at radius 1 is 0.706 bits per heavy atom. The molecule has 0 heterocycles. The van der Waals surface area contributed by atoms with Gasteiger partial charge in [0.1, 0.15) is 0 Å². The SMILES string of the molecule is C[Si](C)(C)[Si](C)(C)c1cccc2ccccc12. The molecule has 0 aliphatic heterocycles. The van der Waals surface area contributed by atoms with E-state index in [1.807, 2.05) is 0 Å². The van der Waals surface area contributed by atoms with Gasteiger partial charge in [-0.05, 0) is 10.8 Å². The van der Waals surface area contributed by atoms with Crippen LogP contribution < -0.4 is 5.19 Å². The van der Waals surface area contributed by atoms with Crippen molar-refractivity contribution in [2.45, 2.75) is 32.7 Å². The predicted molar refractivity (Wildman–Crippen MR) is 84.4 cm³/mol. The highest BCUT2D eigenvalue weighted by atomic mass is 29.3. The molecule has 0 N–H and O–H groups in total. The Morgan fingerprint density at radius 3 is 1.94 bits per heavy atom. The highest BCUT2D eigenvalue weighted by Gasteiger charge is 2.38. The lowest BCUT2D eigenvalue weighted by molar-refractivity contribution is 1.71. The number of hydrogen-bond acceptors (Lipinski definition) is 0. The highest BCUT2D eigenvalue weighted by Crippen LogP contribution is 2.22. The molecule has 0 saturated carbocycles. The van der Waals surface area contributed by atoms with E-state index in [1.54, 1.807) is 5.19 Å². The quantitative estimate of drug-likeness (QED) is 0.709. The molecule has 0 atom stereocenters. The molecule has 2 heteroatoms. The third-order valence-corrected chi connectivity index (χ3v) is 21.9. The standard InChI is InChI=1S/C15H22Si2/c1-16(2,3)17(4,5)15-12-8-10-13-9-6-7-11-14(13)15/h6-12H,1-5H3. The predicted octanol–water partition coefficient (Wildman–Crippen LogP) is 4.17. The van der Waals surface area contributed by atoms with Crippen molar-refractivity contribution in [2.24, 2.45) is 0 Å². The summed E-state index contributed by atoms with van der Waals surface area (Å²) in [6.07, 6.45) is 0. The summed E-state index contributed by atoms with van der Waals surface area (Å²) in [5.74, 6) is 0. The smallest absolute Gasteiger partial charge is 0.0712 e. The maximum absolute atomic E-state index is 2.54. The number of hydrogen-bond donors (Lipinski definition) is 0. The highest BCUT2D eigenvalue weighted by molar-refractivity contribution is 7.45. The number of benzene rings is 2. The second-order valence-electron chi connectivity index (χ2n) is 6.40. The third kappa shape index (κ3) is 2.11. The minimum Gasteiger partial charge on any atom is -0.0712 e. The fourth-order valence-electron chi connectivity index (χ4n) is 2.17. The first kappa shape index (κ1) is 12.6. The van der Waals surface area contributed by atoms with Gasteiger partial charge in [-0.25, -0.2) is 0 Å². The molecular formula is C15H22Si2. The van der Waals surface area contributed by atoms with E-state index < -0.39 is 15.2 Å². The van der Waals surface area contributed by atoms with E-state index in [1.165, 1.54) is 10.8 Å². The monoisotopic (exact) mass is 258 g/mol. The molecule has 0 aromatic heterocycles. The van der Waals surface area contributed by atoms with E-state index in [0.717, 1.165) is 0 Å². The van der Waals surface area contributed by atoms with Gasteiger partial charge in [0.2, 0.25) is 0 Å². The molecule has 0 fully saturated rings. The number of rotatable bonds is 2. The zero-order chi connectivity index (χ0) is 12.7. The molecular weight excluding hydrogens is 236 g/mol. The Kier molecular flexibility index (Phi) is 3.04. The lowest BCUT2D eigenvalue weighted by Crippen LogP contribution is -2.61. The van der Waals surface area contributed by atoms with Crippen molar-refractivity contribution in [2.75, 3.05) is 0 Å². The topological polar surface area (TPSA) is 0 Å². The van der Waals surface area contributed by atoms with Crippen molar-refractivity contribution in [1.29, 1.82) is 0 Å². The first-order chi connectivity index (χ1) is 7.84. The fourth-order valence-corrected chi connectivity index (χ4v) is 7.47. The fraction of sp³-hybridized carbons (Fsp3) is 0.333. The van der Waals surface area contributed by atoms with Crippen molar-refractivity contribution in [1.82, 2.24) is 0 Å². The van der Waals surface area contributed by atoms with Crippen LogP contribution >= 0.6 is 0 Å². The van der Waals surface area contributed by atoms with Crippen molar-refractivity contribution < 1.29 is 0 Å². The largest absolute Gasteiger partial charge is 0.0744 e. The van der Waals surface area contributed by atoms with Gasteiger partial charge >= 0.3 is 0 Å². The second-order valence-corrected chi connectivity index (χ2v) is 22.9. The van der Waals surface area contributed by atoms with Gasteiger partial charge < -0.3 is 0 Å². The van der Waals surface area contributed by atoms with Crippen molar-refractivity contribution >= 4 is 31.1 Å². The molecule has 0 amide bonds. The van der Waals surface area contributed by atoms with Gasteiger partial charge in [-0.1, -0.05) is 80.4 Å². The maximum Gasteiger partial charge on any atom is 0.0744 e. The van der Waals surface area contributed by atoms with Gasteiger partial charge in [-0.3, -0.25) is 0 Å². The number of fused-ring (bicyclic) bond motifs is 1. The average Bonchev–Trinajstić information content (AvgIpc) is 2.26. The summed E-state index contributed by atoms with van der Waals surface area (Å²) in [5.41, 5.74) is 0. The van der Waals surface area contributed by atoms with Crippen LogP contribution in [-0.4, -0.2) is 15.2 Å². The lowest BCUT2D eigenvalue weighted by atomic mass is 10.1. The van der Waals surface area contributed by atoms with Crippen LogP contribution in [0.4, 0.5) is 0 Å². The molecule has 2 aromatic rings. The average molecular weight is 259 g/mol. The summed E-state index contributed by atoms with van der Waals surface area (Å²) < 4.78 is 0. The molecule has 2 rings (SSSR count). The summed E-state index contributed by atoms with van der Waals surface area (Å²) in [4.78, 5) is 0. The van der Waals surface area contributed by atoms with Crippen molar-refractivity contribution in [3.63, 3.8) is 0 Å². The molecule has 2 aromatic carbocycles. The van der Waals surface area contributed by atoms with Gasteiger partial charge in [0, 0.05) is 7.59 Å². The summed E-state index contributed by atoms with van der Waals surface area (Å²) in [6, 6.07) is 15.6. The maximum atomic E-state index is 2.54. The van der Waals surface area contributed by atoms with E-state index in [9.17, 15) is 0 Å². The molecule has 90 valence electrons. The van der Waals surface area contributed by atoms with Crippen LogP contribution in [0.15, 0.2) is 42.5 Å². The summed E-state index contributed by atoms with van der Waals surface area (Å²) in [6.45, 7) is 12.6. The Labute approximate surface area is 106 Å². The minimum atomic E-state index is -1.31. The molecule has 0 radical (unpaired) electrons. The summed E-state index contributed by atoms with van der Waals surface area (Å²) in [7, 11) is -2.41. The molecule has 0 aliphatic rings. The van der Waals surface area contributed by atoms with Gasteiger partial charge in [0.05, 0.1) is 7.59 Å². The molecule has 0 nitrogen and oxygen atoms in total. The van der Waals surface area contributed by atoms with Crippen LogP contribution in [0, 0.1) is 0 Å².